The molecule has 0 aliphatic heterocycles. The van der Waals surface area contributed by atoms with E-state index in [1.54, 1.807) is 0 Å². The summed E-state index contributed by atoms with van der Waals surface area (Å²) >= 11 is 6.02. The van der Waals surface area contributed by atoms with E-state index in [1.165, 1.54) is 74.1 Å². The summed E-state index contributed by atoms with van der Waals surface area (Å²) in [4.78, 5) is 21.2. The second-order valence-electron chi connectivity index (χ2n) is 5.81. The number of carbonyl (C=O) groups excluding carboxylic acids is 1. The van der Waals surface area contributed by atoms with Crippen molar-refractivity contribution in [3.63, 3.8) is 0 Å². The zero-order chi connectivity index (χ0) is 21.0. The zero-order valence-corrected chi connectivity index (χ0v) is 16.7. The fourth-order valence-corrected chi connectivity index (χ4v) is 3.77. The molecule has 150 valence electrons. The summed E-state index contributed by atoms with van der Waals surface area (Å²) in [6.45, 7) is 0. The molecule has 2 aromatic carbocycles. The molecule has 0 amide bonds. The fraction of sp³-hybridized carbons (Fsp3) is 0.0526. The maximum Gasteiger partial charge on any atom is 0.261 e. The van der Waals surface area contributed by atoms with Crippen LogP contribution in [0, 0.1) is 0 Å². The quantitative estimate of drug-likeness (QED) is 0.433. The molecule has 0 spiro atoms. The number of ketones is 1. The lowest BCUT2D eigenvalue weighted by atomic mass is 10.0. The van der Waals surface area contributed by atoms with E-state index in [0.717, 1.165) is 0 Å². The van der Waals surface area contributed by atoms with Crippen LogP contribution >= 0.6 is 11.6 Å². The molecule has 1 aromatic heterocycles. The van der Waals surface area contributed by atoms with E-state index < -0.39 is 15.8 Å². The number of pyridine rings is 1. The third kappa shape index (κ3) is 4.72. The first kappa shape index (κ1) is 20.7. The van der Waals surface area contributed by atoms with Gasteiger partial charge in [-0.15, -0.1) is 5.23 Å². The number of carbonyl (C=O) groups is 1. The topological polar surface area (TPSA) is 109 Å². The summed E-state index contributed by atoms with van der Waals surface area (Å²) in [6, 6.07) is 12.7. The molecule has 10 heteroatoms. The van der Waals surface area contributed by atoms with Gasteiger partial charge in [0.15, 0.2) is 5.78 Å². The van der Waals surface area contributed by atoms with E-state index in [1.807, 2.05) is 0 Å². The molecule has 0 fully saturated rings. The van der Waals surface area contributed by atoms with Gasteiger partial charge in [0.05, 0.1) is 23.4 Å². The number of hydrogen-bond donors (Lipinski definition) is 2. The Bertz CT molecular complexity index is 1120. The summed E-state index contributed by atoms with van der Waals surface area (Å²) in [5, 5.41) is 10.3. The predicted octanol–water partition coefficient (Wildman–Crippen LogP) is 3.52. The highest BCUT2D eigenvalue weighted by molar-refractivity contribution is 7.92. The van der Waals surface area contributed by atoms with Crippen LogP contribution in [0.2, 0.25) is 5.02 Å². The summed E-state index contributed by atoms with van der Waals surface area (Å²) in [5.74, 6) is -0.404. The molecule has 0 saturated heterocycles. The maximum absolute atomic E-state index is 12.8. The standard InChI is InChI=1S/C19H16ClN3O5S/c1-28-23(25)15-3-5-16(6-4-15)29(26,27)22-18-7-2-14(20)12-17(18)19(24)13-8-10-21-11-9-13/h2-12,22,25H,1H3. The minimum absolute atomic E-state index is 0.0667. The van der Waals surface area contributed by atoms with Gasteiger partial charge < -0.3 is 0 Å². The number of nitrogens with zero attached hydrogens (tertiary/aromatic N) is 2. The molecule has 0 aliphatic rings. The van der Waals surface area contributed by atoms with Crippen LogP contribution in [0.1, 0.15) is 15.9 Å². The Morgan fingerprint density at radius 1 is 1.10 bits per heavy atom. The van der Waals surface area contributed by atoms with Gasteiger partial charge in [0.25, 0.3) is 10.0 Å². The minimum Gasteiger partial charge on any atom is -0.289 e. The highest BCUT2D eigenvalue weighted by Crippen LogP contribution is 2.26. The molecule has 0 aliphatic carbocycles. The number of rotatable bonds is 7. The highest BCUT2D eigenvalue weighted by Gasteiger charge is 2.20. The first-order valence-corrected chi connectivity index (χ1v) is 10.1. The van der Waals surface area contributed by atoms with Crippen LogP contribution in [0.4, 0.5) is 11.4 Å². The Hall–Kier alpha value is -2.98. The van der Waals surface area contributed by atoms with Crippen molar-refractivity contribution in [3.05, 3.63) is 83.1 Å². The molecule has 29 heavy (non-hydrogen) atoms. The number of nitrogens with one attached hydrogen (secondary N) is 1. The smallest absolute Gasteiger partial charge is 0.261 e. The predicted molar refractivity (Wildman–Crippen MR) is 108 cm³/mol. The molecule has 0 radical (unpaired) electrons. The molecule has 0 bridgehead atoms. The van der Waals surface area contributed by atoms with Gasteiger partial charge in [-0.1, -0.05) is 11.6 Å². The number of hydrogen-bond acceptors (Lipinski definition) is 7. The number of benzene rings is 2. The van der Waals surface area contributed by atoms with Crippen LogP contribution in [-0.4, -0.2) is 31.5 Å². The second kappa shape index (κ2) is 8.58. The van der Waals surface area contributed by atoms with Gasteiger partial charge in [-0.3, -0.25) is 24.5 Å². The number of halogens is 1. The molecule has 1 heterocycles. The van der Waals surface area contributed by atoms with Crippen molar-refractivity contribution in [3.8, 4) is 0 Å². The van der Waals surface area contributed by atoms with E-state index in [4.69, 9.17) is 11.6 Å². The van der Waals surface area contributed by atoms with Crippen molar-refractivity contribution in [2.75, 3.05) is 17.1 Å². The Labute approximate surface area is 172 Å². The monoisotopic (exact) mass is 433 g/mol. The average Bonchev–Trinajstić information content (AvgIpc) is 2.74. The van der Waals surface area contributed by atoms with Gasteiger partial charge in [-0.25, -0.2) is 8.42 Å². The molecule has 2 N–H and O–H groups in total. The summed E-state index contributed by atoms with van der Waals surface area (Å²) in [6.07, 6.45) is 2.93. The van der Waals surface area contributed by atoms with Crippen molar-refractivity contribution < 1.29 is 23.3 Å². The third-order valence-electron chi connectivity index (χ3n) is 3.95. The van der Waals surface area contributed by atoms with Crippen LogP contribution in [0.5, 0.6) is 0 Å². The second-order valence-corrected chi connectivity index (χ2v) is 7.93. The van der Waals surface area contributed by atoms with Gasteiger partial charge in [-0.05, 0) is 54.6 Å². The molecule has 0 saturated carbocycles. The third-order valence-corrected chi connectivity index (χ3v) is 5.57. The zero-order valence-electron chi connectivity index (χ0n) is 15.1. The molecule has 3 aromatic rings. The molecule has 3 rings (SSSR count). The average molecular weight is 434 g/mol. The first-order chi connectivity index (χ1) is 13.8. The number of aromatic nitrogens is 1. The minimum atomic E-state index is -4.01. The van der Waals surface area contributed by atoms with Crippen LogP contribution in [0.25, 0.3) is 0 Å². The molecular formula is C19H16ClN3O5S. The number of sulfonamides is 1. The van der Waals surface area contributed by atoms with Gasteiger partial charge in [0.2, 0.25) is 0 Å². The highest BCUT2D eigenvalue weighted by atomic mass is 35.5. The number of anilines is 2. The van der Waals surface area contributed by atoms with Crippen molar-refractivity contribution in [1.29, 1.82) is 0 Å². The van der Waals surface area contributed by atoms with Crippen molar-refractivity contribution >= 4 is 38.8 Å². The Balaban J connectivity index is 1.94. The Kier molecular flexibility index (Phi) is 6.14. The van der Waals surface area contributed by atoms with Gasteiger partial charge >= 0.3 is 0 Å². The lowest BCUT2D eigenvalue weighted by molar-refractivity contribution is -0.0110. The normalized spacial score (nSPS) is 11.1. The lowest BCUT2D eigenvalue weighted by Crippen LogP contribution is -2.17. The van der Waals surface area contributed by atoms with E-state index >= 15 is 0 Å². The molecule has 8 nitrogen and oxygen atoms in total. The van der Waals surface area contributed by atoms with Crippen LogP contribution in [-0.2, 0) is 14.9 Å². The van der Waals surface area contributed by atoms with E-state index in [9.17, 15) is 18.4 Å². The molecule has 0 unspecified atom stereocenters. The van der Waals surface area contributed by atoms with E-state index in [-0.39, 0.29) is 26.9 Å². The van der Waals surface area contributed by atoms with Crippen molar-refractivity contribution in [1.82, 2.24) is 4.98 Å². The molecule has 0 atom stereocenters. The summed E-state index contributed by atoms with van der Waals surface area (Å²) in [5.41, 5.74) is 0.770. The lowest BCUT2D eigenvalue weighted by Gasteiger charge is -2.15. The van der Waals surface area contributed by atoms with Crippen LogP contribution in [0.15, 0.2) is 71.9 Å². The van der Waals surface area contributed by atoms with Crippen LogP contribution < -0.4 is 9.95 Å². The van der Waals surface area contributed by atoms with E-state index in [0.29, 0.717) is 10.8 Å². The van der Waals surface area contributed by atoms with Gasteiger partial charge in [0.1, 0.15) is 0 Å². The van der Waals surface area contributed by atoms with Crippen molar-refractivity contribution in [2.45, 2.75) is 4.90 Å². The maximum atomic E-state index is 12.8. The van der Waals surface area contributed by atoms with Gasteiger partial charge in [0, 0.05) is 28.5 Å². The van der Waals surface area contributed by atoms with E-state index in [2.05, 4.69) is 14.5 Å². The van der Waals surface area contributed by atoms with Gasteiger partial charge in [-0.2, -0.15) is 0 Å². The Morgan fingerprint density at radius 2 is 1.76 bits per heavy atom. The molecular weight excluding hydrogens is 418 g/mol. The SMILES string of the molecule is CON(O)c1ccc(S(=O)(=O)Nc2ccc(Cl)cc2C(=O)c2ccncc2)cc1. The van der Waals surface area contributed by atoms with Crippen LogP contribution in [0.3, 0.4) is 0 Å². The fourth-order valence-electron chi connectivity index (χ4n) is 2.51. The van der Waals surface area contributed by atoms with Crippen molar-refractivity contribution in [2.24, 2.45) is 0 Å². The largest absolute Gasteiger partial charge is 0.289 e. The summed E-state index contributed by atoms with van der Waals surface area (Å²) in [7, 11) is -2.75. The first-order valence-electron chi connectivity index (χ1n) is 8.22. The Morgan fingerprint density at radius 3 is 2.38 bits per heavy atom. The summed E-state index contributed by atoms with van der Waals surface area (Å²) < 4.78 is 28.0.